The number of carboxylic acids is 1. The normalized spacial score (nSPS) is 11.1. The summed E-state index contributed by atoms with van der Waals surface area (Å²) in [4.78, 5) is 23.8. The highest BCUT2D eigenvalue weighted by atomic mass is 79.9. The number of carbonyl (C=O) groups is 2. The summed E-state index contributed by atoms with van der Waals surface area (Å²) in [6.07, 6.45) is 1.49. The van der Waals surface area contributed by atoms with Crippen molar-refractivity contribution in [3.63, 3.8) is 0 Å². The summed E-state index contributed by atoms with van der Waals surface area (Å²) in [5.74, 6) is -0.338. The van der Waals surface area contributed by atoms with E-state index in [1.165, 1.54) is 6.08 Å². The fraction of sp³-hybridized carbons (Fsp3) is 0.0435. The molecule has 30 heavy (non-hydrogen) atoms. The van der Waals surface area contributed by atoms with Crippen LogP contribution in [0.4, 0.5) is 0 Å². The van der Waals surface area contributed by atoms with Crippen LogP contribution in [0.3, 0.4) is 0 Å². The first-order valence-corrected chi connectivity index (χ1v) is 10.5. The molecule has 1 amide bonds. The molecule has 0 bridgehead atoms. The smallest absolute Gasteiger partial charge is 0.352 e. The van der Waals surface area contributed by atoms with Crippen LogP contribution in [-0.4, -0.2) is 17.0 Å². The number of benzene rings is 3. The van der Waals surface area contributed by atoms with Crippen molar-refractivity contribution in [2.45, 2.75) is 6.42 Å². The lowest BCUT2D eigenvalue weighted by atomic mass is 10.1. The summed E-state index contributed by atoms with van der Waals surface area (Å²) >= 11 is 6.76. The zero-order valence-corrected chi connectivity index (χ0v) is 18.8. The van der Waals surface area contributed by atoms with Gasteiger partial charge in [-0.2, -0.15) is 0 Å². The lowest BCUT2D eigenvalue weighted by molar-refractivity contribution is -0.134. The third-order valence-corrected chi connectivity index (χ3v) is 5.22. The predicted octanol–water partition coefficient (Wildman–Crippen LogP) is 5.79. The maximum Gasteiger partial charge on any atom is 0.352 e. The van der Waals surface area contributed by atoms with Crippen molar-refractivity contribution < 1.29 is 19.4 Å². The third-order valence-electron chi connectivity index (χ3n) is 4.04. The molecular formula is C23H17Br2NO4. The van der Waals surface area contributed by atoms with Gasteiger partial charge in [0.15, 0.2) is 0 Å². The average Bonchev–Trinajstić information content (AvgIpc) is 2.72. The number of aliphatic carboxylic acids is 1. The van der Waals surface area contributed by atoms with E-state index in [0.29, 0.717) is 17.1 Å². The van der Waals surface area contributed by atoms with Gasteiger partial charge in [0, 0.05) is 4.47 Å². The van der Waals surface area contributed by atoms with E-state index < -0.39 is 11.9 Å². The molecule has 0 heterocycles. The minimum Gasteiger partial charge on any atom is -0.477 e. The number of halogens is 2. The van der Waals surface area contributed by atoms with Gasteiger partial charge in [0.25, 0.3) is 0 Å². The highest BCUT2D eigenvalue weighted by Crippen LogP contribution is 2.29. The van der Waals surface area contributed by atoms with Gasteiger partial charge in [0.05, 0.1) is 10.9 Å². The Morgan fingerprint density at radius 3 is 2.23 bits per heavy atom. The molecule has 5 nitrogen and oxygen atoms in total. The molecule has 2 N–H and O–H groups in total. The minimum absolute atomic E-state index is 0.0800. The van der Waals surface area contributed by atoms with Crippen LogP contribution < -0.4 is 10.1 Å². The Morgan fingerprint density at radius 1 is 0.933 bits per heavy atom. The summed E-state index contributed by atoms with van der Waals surface area (Å²) in [6.45, 7) is 0. The number of amides is 1. The number of nitrogens with one attached hydrogen (secondary N) is 1. The Balaban J connectivity index is 1.68. The molecule has 0 spiro atoms. The molecule has 3 aromatic carbocycles. The molecule has 0 unspecified atom stereocenters. The molecule has 0 aliphatic heterocycles. The maximum absolute atomic E-state index is 12.2. The summed E-state index contributed by atoms with van der Waals surface area (Å²) in [6, 6.07) is 21.6. The number of carbonyl (C=O) groups excluding carboxylic acids is 1. The molecule has 0 aliphatic carbocycles. The van der Waals surface area contributed by atoms with Gasteiger partial charge in [-0.25, -0.2) is 4.79 Å². The van der Waals surface area contributed by atoms with Gasteiger partial charge in [-0.15, -0.1) is 0 Å². The van der Waals surface area contributed by atoms with Crippen LogP contribution >= 0.6 is 31.9 Å². The van der Waals surface area contributed by atoms with Gasteiger partial charge in [-0.05, 0) is 69.5 Å². The van der Waals surface area contributed by atoms with Crippen molar-refractivity contribution in [1.29, 1.82) is 0 Å². The molecule has 0 atom stereocenters. The topological polar surface area (TPSA) is 75.6 Å². The van der Waals surface area contributed by atoms with E-state index in [1.807, 2.05) is 36.4 Å². The molecule has 3 aromatic rings. The molecule has 0 fully saturated rings. The number of ether oxygens (including phenoxy) is 1. The Labute approximate surface area is 190 Å². The van der Waals surface area contributed by atoms with E-state index in [4.69, 9.17) is 4.74 Å². The van der Waals surface area contributed by atoms with Gasteiger partial charge < -0.3 is 15.2 Å². The SMILES string of the molecule is O=C(Cc1ccc(Br)cc1)N/C(=C/c1ccc(Oc2ccccc2Br)cc1)C(=O)O. The third kappa shape index (κ3) is 6.30. The van der Waals surface area contributed by atoms with Crippen LogP contribution in [0.2, 0.25) is 0 Å². The molecule has 0 aromatic heterocycles. The van der Waals surface area contributed by atoms with E-state index in [-0.39, 0.29) is 12.1 Å². The number of carboxylic acid groups (broad SMARTS) is 1. The largest absolute Gasteiger partial charge is 0.477 e. The molecule has 0 saturated carbocycles. The fourth-order valence-corrected chi connectivity index (χ4v) is 3.22. The van der Waals surface area contributed by atoms with Gasteiger partial charge in [0.2, 0.25) is 5.91 Å². The first kappa shape index (κ1) is 21.8. The van der Waals surface area contributed by atoms with Gasteiger partial charge in [0.1, 0.15) is 17.2 Å². The summed E-state index contributed by atoms with van der Waals surface area (Å²) in [5.41, 5.74) is 1.21. The molecule has 3 rings (SSSR count). The van der Waals surface area contributed by atoms with Crippen molar-refractivity contribution in [2.75, 3.05) is 0 Å². The van der Waals surface area contributed by atoms with Gasteiger partial charge in [-0.1, -0.05) is 52.3 Å². The monoisotopic (exact) mass is 529 g/mol. The number of rotatable bonds is 7. The lowest BCUT2D eigenvalue weighted by Gasteiger charge is -2.09. The standard InChI is InChI=1S/C23H17Br2NO4/c24-17-9-5-16(6-10-17)14-22(27)26-20(23(28)29)13-15-7-11-18(12-8-15)30-21-4-2-1-3-19(21)25/h1-13H,14H2,(H,26,27)(H,28,29)/b20-13+. The van der Waals surface area contributed by atoms with Crippen molar-refractivity contribution >= 4 is 49.8 Å². The van der Waals surface area contributed by atoms with E-state index in [1.54, 1.807) is 36.4 Å². The predicted molar refractivity (Wildman–Crippen MR) is 122 cm³/mol. The number of hydrogen-bond acceptors (Lipinski definition) is 3. The van der Waals surface area contributed by atoms with Crippen molar-refractivity contribution in [2.24, 2.45) is 0 Å². The molecule has 0 saturated heterocycles. The Hall–Kier alpha value is -2.90. The Kier molecular flexibility index (Phi) is 7.43. The Bertz CT molecular complexity index is 1080. The highest BCUT2D eigenvalue weighted by Gasteiger charge is 2.12. The average molecular weight is 531 g/mol. The van der Waals surface area contributed by atoms with Crippen LogP contribution in [0.15, 0.2) is 87.4 Å². The molecule has 0 aliphatic rings. The molecule has 152 valence electrons. The van der Waals surface area contributed by atoms with Crippen LogP contribution in [0, 0.1) is 0 Å². The second kappa shape index (κ2) is 10.2. The van der Waals surface area contributed by atoms with Crippen molar-refractivity contribution in [1.82, 2.24) is 5.32 Å². The van der Waals surface area contributed by atoms with E-state index in [0.717, 1.165) is 14.5 Å². The van der Waals surface area contributed by atoms with Crippen molar-refractivity contribution in [3.8, 4) is 11.5 Å². The van der Waals surface area contributed by atoms with Gasteiger partial charge >= 0.3 is 5.97 Å². The summed E-state index contributed by atoms with van der Waals surface area (Å²) in [5, 5.41) is 11.9. The fourth-order valence-electron chi connectivity index (χ4n) is 2.59. The van der Waals surface area contributed by atoms with Crippen LogP contribution in [0.5, 0.6) is 11.5 Å². The van der Waals surface area contributed by atoms with E-state index >= 15 is 0 Å². The maximum atomic E-state index is 12.2. The van der Waals surface area contributed by atoms with E-state index in [9.17, 15) is 14.7 Å². The minimum atomic E-state index is -1.22. The number of hydrogen-bond donors (Lipinski definition) is 2. The summed E-state index contributed by atoms with van der Waals surface area (Å²) < 4.78 is 7.54. The quantitative estimate of drug-likeness (QED) is 0.379. The second-order valence-corrected chi connectivity index (χ2v) is 8.09. The van der Waals surface area contributed by atoms with Crippen LogP contribution in [0.25, 0.3) is 6.08 Å². The summed E-state index contributed by atoms with van der Waals surface area (Å²) in [7, 11) is 0. The number of para-hydroxylation sites is 1. The lowest BCUT2D eigenvalue weighted by Crippen LogP contribution is -2.28. The second-order valence-electron chi connectivity index (χ2n) is 6.32. The van der Waals surface area contributed by atoms with E-state index in [2.05, 4.69) is 37.2 Å². The van der Waals surface area contributed by atoms with Crippen LogP contribution in [-0.2, 0) is 16.0 Å². The first-order chi connectivity index (χ1) is 14.4. The van der Waals surface area contributed by atoms with Gasteiger partial charge in [-0.3, -0.25) is 4.79 Å². The zero-order chi connectivity index (χ0) is 21.5. The Morgan fingerprint density at radius 2 is 1.60 bits per heavy atom. The van der Waals surface area contributed by atoms with Crippen molar-refractivity contribution in [3.05, 3.63) is 98.6 Å². The molecule has 0 radical (unpaired) electrons. The molecule has 7 heteroatoms. The first-order valence-electron chi connectivity index (χ1n) is 8.92. The molecular weight excluding hydrogens is 514 g/mol. The van der Waals surface area contributed by atoms with Crippen LogP contribution in [0.1, 0.15) is 11.1 Å². The zero-order valence-electron chi connectivity index (χ0n) is 15.6. The highest BCUT2D eigenvalue weighted by molar-refractivity contribution is 9.10.